The maximum absolute atomic E-state index is 11.8. The van der Waals surface area contributed by atoms with E-state index in [1.165, 1.54) is 0 Å². The number of rotatable bonds is 2. The van der Waals surface area contributed by atoms with E-state index in [0.29, 0.717) is 12.2 Å². The Morgan fingerprint density at radius 2 is 2.16 bits per heavy atom. The van der Waals surface area contributed by atoms with Crippen LogP contribution in [0.3, 0.4) is 0 Å². The van der Waals surface area contributed by atoms with Crippen molar-refractivity contribution < 1.29 is 9.53 Å². The van der Waals surface area contributed by atoms with Gasteiger partial charge in [0.05, 0.1) is 12.8 Å². The van der Waals surface area contributed by atoms with Gasteiger partial charge in [-0.3, -0.25) is 10.1 Å². The van der Waals surface area contributed by atoms with Crippen LogP contribution in [0.2, 0.25) is 0 Å². The monoisotopic (exact) mass is 257 g/mol. The molecule has 0 spiro atoms. The van der Waals surface area contributed by atoms with E-state index in [0.717, 1.165) is 23.2 Å². The number of hydrogen-bond acceptors (Lipinski definition) is 4. The van der Waals surface area contributed by atoms with Crippen molar-refractivity contribution in [2.24, 2.45) is 0 Å². The summed E-state index contributed by atoms with van der Waals surface area (Å²) in [5, 5.41) is 7.01. The number of hydrogen-bond donors (Lipinski definition) is 2. The molecule has 5 nitrogen and oxygen atoms in total. The predicted molar refractivity (Wildman–Crippen MR) is 72.0 cm³/mol. The second-order valence-electron chi connectivity index (χ2n) is 4.45. The molecule has 5 heteroatoms. The third-order valence-corrected chi connectivity index (χ3v) is 3.26. The van der Waals surface area contributed by atoms with Gasteiger partial charge >= 0.3 is 0 Å². The van der Waals surface area contributed by atoms with Crippen molar-refractivity contribution in [1.82, 2.24) is 15.6 Å². The molecule has 0 bridgehead atoms. The summed E-state index contributed by atoms with van der Waals surface area (Å²) in [6, 6.07) is 9.22. The number of piperazine rings is 1. The molecular weight excluding hydrogens is 242 g/mol. The second-order valence-corrected chi connectivity index (χ2v) is 4.45. The van der Waals surface area contributed by atoms with E-state index < -0.39 is 0 Å². The number of benzene rings is 1. The molecule has 0 radical (unpaired) electrons. The summed E-state index contributed by atoms with van der Waals surface area (Å²) in [7, 11) is 1.62. The number of pyridine rings is 1. The highest BCUT2D eigenvalue weighted by Crippen LogP contribution is 2.25. The fourth-order valence-corrected chi connectivity index (χ4v) is 2.30. The van der Waals surface area contributed by atoms with Gasteiger partial charge in [-0.2, -0.15) is 0 Å². The molecule has 1 aromatic heterocycles. The highest BCUT2D eigenvalue weighted by Gasteiger charge is 2.24. The van der Waals surface area contributed by atoms with Gasteiger partial charge in [0.15, 0.2) is 0 Å². The van der Waals surface area contributed by atoms with Crippen LogP contribution >= 0.6 is 0 Å². The first-order chi connectivity index (χ1) is 9.29. The van der Waals surface area contributed by atoms with Gasteiger partial charge in [-0.15, -0.1) is 0 Å². The summed E-state index contributed by atoms with van der Waals surface area (Å²) in [5.74, 6) is 0.684. The molecule has 2 heterocycles. The van der Waals surface area contributed by atoms with Crippen molar-refractivity contribution >= 4 is 16.8 Å². The summed E-state index contributed by atoms with van der Waals surface area (Å²) < 4.78 is 5.31. The van der Waals surface area contributed by atoms with Crippen LogP contribution in [0.1, 0.15) is 11.7 Å². The van der Waals surface area contributed by atoms with Crippen molar-refractivity contribution in [1.29, 1.82) is 0 Å². The molecule has 1 amide bonds. The first-order valence-electron chi connectivity index (χ1n) is 6.24. The molecule has 1 unspecified atom stereocenters. The number of nitrogens with one attached hydrogen (secondary N) is 2. The fraction of sp³-hybridized carbons (Fsp3) is 0.286. The van der Waals surface area contributed by atoms with Crippen molar-refractivity contribution in [3.8, 4) is 5.75 Å². The SMILES string of the molecule is COc1cccc2ccc(C3NCCNC3=O)nc12. The van der Waals surface area contributed by atoms with E-state index in [-0.39, 0.29) is 11.9 Å². The van der Waals surface area contributed by atoms with Crippen molar-refractivity contribution in [3.63, 3.8) is 0 Å². The quantitative estimate of drug-likeness (QED) is 0.842. The van der Waals surface area contributed by atoms with Gasteiger partial charge in [0, 0.05) is 18.5 Å². The number of aromatic nitrogens is 1. The van der Waals surface area contributed by atoms with E-state index >= 15 is 0 Å². The van der Waals surface area contributed by atoms with Crippen molar-refractivity contribution in [3.05, 3.63) is 36.0 Å². The highest BCUT2D eigenvalue weighted by atomic mass is 16.5. The highest BCUT2D eigenvalue weighted by molar-refractivity contribution is 5.87. The van der Waals surface area contributed by atoms with Crippen LogP contribution in [0, 0.1) is 0 Å². The fourth-order valence-electron chi connectivity index (χ4n) is 2.30. The summed E-state index contributed by atoms with van der Waals surface area (Å²) in [6.45, 7) is 1.41. The number of para-hydroxylation sites is 1. The molecule has 1 aliphatic rings. The molecule has 1 aromatic carbocycles. The maximum Gasteiger partial charge on any atom is 0.243 e. The number of carbonyl (C=O) groups excluding carboxylic acids is 1. The van der Waals surface area contributed by atoms with Crippen LogP contribution in [-0.2, 0) is 4.79 Å². The lowest BCUT2D eigenvalue weighted by molar-refractivity contribution is -0.124. The molecule has 1 aliphatic heterocycles. The van der Waals surface area contributed by atoms with E-state index in [4.69, 9.17) is 4.74 Å². The summed E-state index contributed by atoms with van der Waals surface area (Å²) in [6.07, 6.45) is 0. The normalized spacial score (nSPS) is 19.2. The van der Waals surface area contributed by atoms with Crippen LogP contribution < -0.4 is 15.4 Å². The average Bonchev–Trinajstić information content (AvgIpc) is 2.46. The smallest absolute Gasteiger partial charge is 0.243 e. The Labute approximate surface area is 111 Å². The van der Waals surface area contributed by atoms with E-state index in [9.17, 15) is 4.79 Å². The number of amides is 1. The minimum atomic E-state index is -0.386. The van der Waals surface area contributed by atoms with Crippen LogP contribution in [-0.4, -0.2) is 31.1 Å². The molecule has 98 valence electrons. The molecular formula is C14H15N3O2. The molecule has 1 fully saturated rings. The molecule has 2 aromatic rings. The standard InChI is InChI=1S/C14H15N3O2/c1-19-11-4-2-3-9-5-6-10(17-12(9)11)13-14(18)16-8-7-15-13/h2-6,13,15H,7-8H2,1H3,(H,16,18). The maximum atomic E-state index is 11.8. The Morgan fingerprint density at radius 1 is 1.26 bits per heavy atom. The van der Waals surface area contributed by atoms with E-state index in [2.05, 4.69) is 15.6 Å². The molecule has 0 saturated carbocycles. The zero-order valence-electron chi connectivity index (χ0n) is 10.6. The molecule has 1 atom stereocenters. The topological polar surface area (TPSA) is 63.2 Å². The minimum Gasteiger partial charge on any atom is -0.494 e. The molecule has 3 rings (SSSR count). The lowest BCUT2D eigenvalue weighted by Crippen LogP contribution is -2.47. The Hall–Kier alpha value is -2.14. The third-order valence-electron chi connectivity index (χ3n) is 3.26. The van der Waals surface area contributed by atoms with Gasteiger partial charge in [0.1, 0.15) is 17.3 Å². The number of ether oxygens (including phenoxy) is 1. The first kappa shape index (κ1) is 11.9. The average molecular weight is 257 g/mol. The zero-order chi connectivity index (χ0) is 13.2. The van der Waals surface area contributed by atoms with Gasteiger partial charge in [-0.1, -0.05) is 18.2 Å². The number of methoxy groups -OCH3 is 1. The number of fused-ring (bicyclic) bond motifs is 1. The summed E-state index contributed by atoms with van der Waals surface area (Å²) in [4.78, 5) is 16.4. The van der Waals surface area contributed by atoms with Crippen LogP contribution in [0.25, 0.3) is 10.9 Å². The minimum absolute atomic E-state index is 0.0343. The van der Waals surface area contributed by atoms with Crippen molar-refractivity contribution in [2.75, 3.05) is 20.2 Å². The predicted octanol–water partition coefficient (Wildman–Crippen LogP) is 1.00. The van der Waals surface area contributed by atoms with Crippen LogP contribution in [0.5, 0.6) is 5.75 Å². The van der Waals surface area contributed by atoms with E-state index in [1.807, 2.05) is 30.3 Å². The van der Waals surface area contributed by atoms with Gasteiger partial charge in [0.2, 0.25) is 5.91 Å². The van der Waals surface area contributed by atoms with Gasteiger partial charge in [0.25, 0.3) is 0 Å². The summed E-state index contributed by atoms with van der Waals surface area (Å²) in [5.41, 5.74) is 1.50. The van der Waals surface area contributed by atoms with Crippen LogP contribution in [0.4, 0.5) is 0 Å². The van der Waals surface area contributed by atoms with Gasteiger partial charge in [-0.05, 0) is 12.1 Å². The second kappa shape index (κ2) is 4.85. The molecule has 0 aliphatic carbocycles. The molecule has 19 heavy (non-hydrogen) atoms. The Balaban J connectivity index is 2.07. The lowest BCUT2D eigenvalue weighted by atomic mass is 10.1. The zero-order valence-corrected chi connectivity index (χ0v) is 10.6. The van der Waals surface area contributed by atoms with Gasteiger partial charge in [-0.25, -0.2) is 4.98 Å². The van der Waals surface area contributed by atoms with Crippen molar-refractivity contribution in [2.45, 2.75) is 6.04 Å². The Kier molecular flexibility index (Phi) is 3.05. The number of nitrogens with zero attached hydrogens (tertiary/aromatic N) is 1. The first-order valence-corrected chi connectivity index (χ1v) is 6.24. The third kappa shape index (κ3) is 2.13. The molecule has 1 saturated heterocycles. The lowest BCUT2D eigenvalue weighted by Gasteiger charge is -2.23. The van der Waals surface area contributed by atoms with Crippen LogP contribution in [0.15, 0.2) is 30.3 Å². The van der Waals surface area contributed by atoms with E-state index in [1.54, 1.807) is 7.11 Å². The molecule has 2 N–H and O–H groups in total. The largest absolute Gasteiger partial charge is 0.494 e. The Bertz CT molecular complexity index is 627. The number of carbonyl (C=O) groups is 1. The summed E-state index contributed by atoms with van der Waals surface area (Å²) >= 11 is 0. The van der Waals surface area contributed by atoms with Gasteiger partial charge < -0.3 is 10.1 Å². The Morgan fingerprint density at radius 3 is 2.95 bits per heavy atom.